The van der Waals surface area contributed by atoms with E-state index in [1.165, 1.54) is 19.2 Å². The molecule has 0 fully saturated rings. The van der Waals surface area contributed by atoms with E-state index in [9.17, 15) is 9.18 Å². The predicted molar refractivity (Wildman–Crippen MR) is 115 cm³/mol. The van der Waals surface area contributed by atoms with E-state index < -0.39 is 11.8 Å². The van der Waals surface area contributed by atoms with E-state index in [2.05, 4.69) is 36.4 Å². The van der Waals surface area contributed by atoms with Gasteiger partial charge >= 0.3 is 6.03 Å². The summed E-state index contributed by atoms with van der Waals surface area (Å²) in [5, 5.41) is 5.13. The van der Waals surface area contributed by atoms with Crippen molar-refractivity contribution in [2.24, 2.45) is 0 Å². The fraction of sp³-hybridized carbons (Fsp3) is 0.217. The van der Waals surface area contributed by atoms with Crippen molar-refractivity contribution >= 4 is 17.4 Å². The van der Waals surface area contributed by atoms with Gasteiger partial charge in [-0.25, -0.2) is 14.2 Å². The molecule has 30 heavy (non-hydrogen) atoms. The summed E-state index contributed by atoms with van der Waals surface area (Å²) in [6.45, 7) is 6.26. The van der Waals surface area contributed by atoms with Gasteiger partial charge in [0.2, 0.25) is 5.88 Å². The maximum Gasteiger partial charge on any atom is 0.323 e. The first kappa shape index (κ1) is 21.1. The number of hydrogen-bond acceptors (Lipinski definition) is 4. The quantitative estimate of drug-likeness (QED) is 0.545. The molecule has 3 aromatic rings. The lowest BCUT2D eigenvalue weighted by Gasteiger charge is -2.22. The summed E-state index contributed by atoms with van der Waals surface area (Å²) in [4.78, 5) is 16.7. The zero-order valence-electron chi connectivity index (χ0n) is 17.3. The smallest absolute Gasteiger partial charge is 0.323 e. The Labute approximate surface area is 175 Å². The van der Waals surface area contributed by atoms with E-state index in [0.717, 1.165) is 5.56 Å². The molecule has 1 heterocycles. The highest BCUT2D eigenvalue weighted by atomic mass is 19.1. The normalized spacial score (nSPS) is 11.0. The number of carbonyl (C=O) groups is 1. The lowest BCUT2D eigenvalue weighted by atomic mass is 9.86. The van der Waals surface area contributed by atoms with Crippen LogP contribution in [0.1, 0.15) is 26.3 Å². The lowest BCUT2D eigenvalue weighted by molar-refractivity contribution is 0.262. The van der Waals surface area contributed by atoms with Crippen molar-refractivity contribution in [3.05, 3.63) is 72.2 Å². The number of benzene rings is 2. The van der Waals surface area contributed by atoms with Crippen LogP contribution in [0.4, 0.5) is 20.6 Å². The van der Waals surface area contributed by atoms with Crippen LogP contribution in [0.5, 0.6) is 17.4 Å². The van der Waals surface area contributed by atoms with E-state index in [1.807, 2.05) is 24.3 Å². The molecule has 0 bridgehead atoms. The van der Waals surface area contributed by atoms with E-state index in [1.54, 1.807) is 24.4 Å². The van der Waals surface area contributed by atoms with Crippen molar-refractivity contribution in [1.29, 1.82) is 0 Å². The summed E-state index contributed by atoms with van der Waals surface area (Å²) in [5.41, 5.74) is 1.25. The van der Waals surface area contributed by atoms with Gasteiger partial charge in [-0.05, 0) is 35.7 Å². The molecule has 3 rings (SSSR count). The molecule has 6 nitrogen and oxygen atoms in total. The van der Waals surface area contributed by atoms with Gasteiger partial charge in [-0.2, -0.15) is 0 Å². The average Bonchev–Trinajstić information content (AvgIpc) is 2.70. The number of para-hydroxylation sites is 1. The van der Waals surface area contributed by atoms with Gasteiger partial charge in [0.05, 0.1) is 12.8 Å². The van der Waals surface area contributed by atoms with E-state index in [4.69, 9.17) is 9.47 Å². The number of halogens is 1. The molecule has 2 amide bonds. The Bertz CT molecular complexity index is 1050. The molecule has 0 saturated carbocycles. The first-order valence-electron chi connectivity index (χ1n) is 9.42. The van der Waals surface area contributed by atoms with Gasteiger partial charge in [0, 0.05) is 17.8 Å². The summed E-state index contributed by atoms with van der Waals surface area (Å²) < 4.78 is 25.1. The minimum Gasteiger partial charge on any atom is -0.497 e. The monoisotopic (exact) mass is 409 g/mol. The third kappa shape index (κ3) is 5.05. The highest BCUT2D eigenvalue weighted by Gasteiger charge is 2.20. The Kier molecular flexibility index (Phi) is 6.20. The van der Waals surface area contributed by atoms with Crippen LogP contribution >= 0.6 is 0 Å². The largest absolute Gasteiger partial charge is 0.497 e. The molecule has 2 aromatic carbocycles. The van der Waals surface area contributed by atoms with Crippen molar-refractivity contribution in [3.63, 3.8) is 0 Å². The van der Waals surface area contributed by atoms with Crippen LogP contribution in [-0.2, 0) is 5.41 Å². The minimum absolute atomic E-state index is 0.0257. The second-order valence-corrected chi connectivity index (χ2v) is 7.63. The van der Waals surface area contributed by atoms with Crippen LogP contribution in [-0.4, -0.2) is 18.1 Å². The number of urea groups is 1. The summed E-state index contributed by atoms with van der Waals surface area (Å²) in [6.07, 6.45) is 1.57. The maximum absolute atomic E-state index is 14.1. The van der Waals surface area contributed by atoms with Crippen molar-refractivity contribution in [1.82, 2.24) is 4.98 Å². The Morgan fingerprint density at radius 2 is 1.73 bits per heavy atom. The number of aromatic nitrogens is 1. The number of nitrogens with zero attached hydrogens (tertiary/aromatic N) is 1. The molecule has 2 N–H and O–H groups in total. The van der Waals surface area contributed by atoms with Crippen molar-refractivity contribution in [2.45, 2.75) is 26.2 Å². The molecule has 0 spiro atoms. The number of anilines is 2. The standard InChI is InChI=1S/C23H24FN3O3/c1-23(2,3)16-8-5-6-10-20(16)30-21-19(9-7-13-25-21)27-22(28)26-18-12-11-15(29-4)14-17(18)24/h5-14H,1-4H3,(H2,26,27,28). The zero-order chi connectivity index (χ0) is 21.7. The molecule has 0 saturated heterocycles. The molecule has 0 aliphatic heterocycles. The Balaban J connectivity index is 1.79. The predicted octanol–water partition coefficient (Wildman–Crippen LogP) is 5.96. The second-order valence-electron chi connectivity index (χ2n) is 7.63. The number of pyridine rings is 1. The number of nitrogens with one attached hydrogen (secondary N) is 2. The molecule has 7 heteroatoms. The van der Waals surface area contributed by atoms with Gasteiger partial charge in [-0.1, -0.05) is 39.0 Å². The highest BCUT2D eigenvalue weighted by Crippen LogP contribution is 2.35. The highest BCUT2D eigenvalue weighted by molar-refractivity contribution is 6.00. The first-order chi connectivity index (χ1) is 14.3. The summed E-state index contributed by atoms with van der Waals surface area (Å²) in [6, 6.07) is 14.5. The van der Waals surface area contributed by atoms with Crippen LogP contribution in [0.15, 0.2) is 60.8 Å². The van der Waals surface area contributed by atoms with Gasteiger partial charge in [0.25, 0.3) is 0 Å². The molecular formula is C23H24FN3O3. The van der Waals surface area contributed by atoms with E-state index in [0.29, 0.717) is 17.2 Å². The van der Waals surface area contributed by atoms with E-state index >= 15 is 0 Å². The van der Waals surface area contributed by atoms with Gasteiger partial charge in [0.1, 0.15) is 23.0 Å². The molecular weight excluding hydrogens is 385 g/mol. The van der Waals surface area contributed by atoms with E-state index in [-0.39, 0.29) is 17.0 Å². The van der Waals surface area contributed by atoms with Gasteiger partial charge in [-0.15, -0.1) is 0 Å². The molecule has 0 aliphatic carbocycles. The van der Waals surface area contributed by atoms with Gasteiger partial charge < -0.3 is 20.1 Å². The first-order valence-corrected chi connectivity index (χ1v) is 9.42. The van der Waals surface area contributed by atoms with Crippen LogP contribution < -0.4 is 20.1 Å². The third-order valence-corrected chi connectivity index (χ3v) is 4.35. The van der Waals surface area contributed by atoms with Crippen molar-refractivity contribution in [2.75, 3.05) is 17.7 Å². The van der Waals surface area contributed by atoms with Crippen LogP contribution in [0.2, 0.25) is 0 Å². The fourth-order valence-corrected chi connectivity index (χ4v) is 2.85. The van der Waals surface area contributed by atoms with Gasteiger partial charge in [-0.3, -0.25) is 0 Å². The number of amides is 2. The second kappa shape index (κ2) is 8.82. The average molecular weight is 409 g/mol. The molecule has 0 unspecified atom stereocenters. The Morgan fingerprint density at radius 3 is 2.43 bits per heavy atom. The fourth-order valence-electron chi connectivity index (χ4n) is 2.85. The number of ether oxygens (including phenoxy) is 2. The number of carbonyl (C=O) groups excluding carboxylic acids is 1. The van der Waals surface area contributed by atoms with Crippen LogP contribution in [0.25, 0.3) is 0 Å². The lowest BCUT2D eigenvalue weighted by Crippen LogP contribution is -2.20. The number of rotatable bonds is 5. The Hall–Kier alpha value is -3.61. The van der Waals surface area contributed by atoms with Crippen molar-refractivity contribution < 1.29 is 18.7 Å². The number of methoxy groups -OCH3 is 1. The SMILES string of the molecule is COc1ccc(NC(=O)Nc2cccnc2Oc2ccccc2C(C)(C)C)c(F)c1. The molecule has 0 radical (unpaired) electrons. The minimum atomic E-state index is -0.624. The van der Waals surface area contributed by atoms with Crippen LogP contribution in [0.3, 0.4) is 0 Å². The summed E-state index contributed by atoms with van der Waals surface area (Å²) in [5.74, 6) is 0.637. The van der Waals surface area contributed by atoms with Crippen LogP contribution in [0, 0.1) is 5.82 Å². The zero-order valence-corrected chi connectivity index (χ0v) is 17.3. The summed E-state index contributed by atoms with van der Waals surface area (Å²) in [7, 11) is 1.44. The van der Waals surface area contributed by atoms with Crippen molar-refractivity contribution in [3.8, 4) is 17.4 Å². The summed E-state index contributed by atoms with van der Waals surface area (Å²) >= 11 is 0. The topological polar surface area (TPSA) is 72.5 Å². The third-order valence-electron chi connectivity index (χ3n) is 4.35. The molecule has 1 aromatic heterocycles. The maximum atomic E-state index is 14.1. The molecule has 0 atom stereocenters. The Morgan fingerprint density at radius 1 is 1.00 bits per heavy atom. The number of hydrogen-bond donors (Lipinski definition) is 2. The van der Waals surface area contributed by atoms with Gasteiger partial charge in [0.15, 0.2) is 0 Å². The molecule has 156 valence electrons. The molecule has 0 aliphatic rings.